The zero-order chi connectivity index (χ0) is 16.1. The number of amides is 1. The monoisotopic (exact) mass is 299 g/mol. The number of hydrogen-bond donors (Lipinski definition) is 2. The highest BCUT2D eigenvalue weighted by Crippen LogP contribution is 2.27. The number of hydrogen-bond acceptors (Lipinski definition) is 3. The van der Waals surface area contributed by atoms with Crippen LogP contribution in [0.4, 0.5) is 18.0 Å². The van der Waals surface area contributed by atoms with Crippen LogP contribution in [-0.4, -0.2) is 35.0 Å². The Morgan fingerprint density at radius 1 is 1.25 bits per heavy atom. The predicted octanol–water partition coefficient (Wildman–Crippen LogP) is 2.94. The van der Waals surface area contributed by atoms with E-state index < -0.39 is 42.2 Å². The highest BCUT2D eigenvalue weighted by atomic mass is 19.4. The van der Waals surface area contributed by atoms with Crippen molar-refractivity contribution >= 4 is 12.1 Å². The largest absolute Gasteiger partial charge is 0.480 e. The third kappa shape index (κ3) is 9.46. The molecule has 0 saturated heterocycles. The highest BCUT2D eigenvalue weighted by molar-refractivity contribution is 5.79. The second-order valence-corrected chi connectivity index (χ2v) is 5.70. The molecule has 8 heteroatoms. The SMILES string of the molecule is CC(CC(NC(=O)OC(C)(C)C)C(=O)O)CC(F)(F)F. The van der Waals surface area contributed by atoms with E-state index in [4.69, 9.17) is 9.84 Å². The molecule has 2 unspecified atom stereocenters. The summed E-state index contributed by atoms with van der Waals surface area (Å²) >= 11 is 0. The third-order valence-electron chi connectivity index (χ3n) is 2.21. The predicted molar refractivity (Wildman–Crippen MR) is 65.2 cm³/mol. The van der Waals surface area contributed by atoms with Crippen molar-refractivity contribution in [1.29, 1.82) is 0 Å². The van der Waals surface area contributed by atoms with Crippen LogP contribution in [0.5, 0.6) is 0 Å². The van der Waals surface area contributed by atoms with Crippen LogP contribution in [0.1, 0.15) is 40.5 Å². The van der Waals surface area contributed by atoms with Gasteiger partial charge in [-0.2, -0.15) is 13.2 Å². The van der Waals surface area contributed by atoms with Crippen molar-refractivity contribution in [3.63, 3.8) is 0 Å². The molecule has 5 nitrogen and oxygen atoms in total. The van der Waals surface area contributed by atoms with E-state index in [1.165, 1.54) is 6.92 Å². The maximum Gasteiger partial charge on any atom is 0.408 e. The summed E-state index contributed by atoms with van der Waals surface area (Å²) in [6.45, 7) is 6.05. The number of alkyl carbamates (subject to hydrolysis) is 1. The molecular weight excluding hydrogens is 279 g/mol. The molecule has 0 aliphatic rings. The van der Waals surface area contributed by atoms with Crippen LogP contribution >= 0.6 is 0 Å². The van der Waals surface area contributed by atoms with Gasteiger partial charge in [0.1, 0.15) is 11.6 Å². The van der Waals surface area contributed by atoms with Crippen LogP contribution in [0.3, 0.4) is 0 Å². The van der Waals surface area contributed by atoms with Gasteiger partial charge in [0.15, 0.2) is 0 Å². The molecule has 0 radical (unpaired) electrons. The van der Waals surface area contributed by atoms with Crippen molar-refractivity contribution in [2.75, 3.05) is 0 Å². The molecular formula is C12H20F3NO4. The lowest BCUT2D eigenvalue weighted by Crippen LogP contribution is -2.44. The lowest BCUT2D eigenvalue weighted by atomic mass is 9.98. The lowest BCUT2D eigenvalue weighted by Gasteiger charge is -2.23. The summed E-state index contributed by atoms with van der Waals surface area (Å²) in [5.74, 6) is -2.32. The van der Waals surface area contributed by atoms with Gasteiger partial charge in [-0.05, 0) is 33.1 Å². The number of carboxylic acids is 1. The summed E-state index contributed by atoms with van der Waals surface area (Å²) in [7, 11) is 0. The third-order valence-corrected chi connectivity index (χ3v) is 2.21. The molecule has 0 rings (SSSR count). The number of carbonyl (C=O) groups excluding carboxylic acids is 1. The van der Waals surface area contributed by atoms with Crippen LogP contribution in [0.15, 0.2) is 0 Å². The van der Waals surface area contributed by atoms with Gasteiger partial charge in [0.05, 0.1) is 0 Å². The van der Waals surface area contributed by atoms with Crippen LogP contribution in [0.25, 0.3) is 0 Å². The van der Waals surface area contributed by atoms with E-state index in [1.54, 1.807) is 20.8 Å². The smallest absolute Gasteiger partial charge is 0.408 e. The molecule has 0 fully saturated rings. The van der Waals surface area contributed by atoms with E-state index in [2.05, 4.69) is 5.32 Å². The van der Waals surface area contributed by atoms with Crippen LogP contribution in [-0.2, 0) is 9.53 Å². The molecule has 0 aromatic carbocycles. The minimum absolute atomic E-state index is 0.325. The zero-order valence-corrected chi connectivity index (χ0v) is 11.9. The molecule has 0 heterocycles. The van der Waals surface area contributed by atoms with Gasteiger partial charge in [-0.3, -0.25) is 0 Å². The Morgan fingerprint density at radius 3 is 2.10 bits per heavy atom. The number of aliphatic carboxylic acids is 1. The highest BCUT2D eigenvalue weighted by Gasteiger charge is 2.33. The first-order chi connectivity index (χ1) is 8.80. The topological polar surface area (TPSA) is 75.6 Å². The van der Waals surface area contributed by atoms with Gasteiger partial charge in [-0.1, -0.05) is 6.92 Å². The minimum atomic E-state index is -4.37. The van der Waals surface area contributed by atoms with Crippen molar-refractivity contribution in [1.82, 2.24) is 5.32 Å². The van der Waals surface area contributed by atoms with E-state index in [0.717, 1.165) is 0 Å². The summed E-state index contributed by atoms with van der Waals surface area (Å²) in [6, 6.07) is -1.41. The summed E-state index contributed by atoms with van der Waals surface area (Å²) in [5, 5.41) is 11.0. The maximum atomic E-state index is 12.2. The van der Waals surface area contributed by atoms with Gasteiger partial charge >= 0.3 is 18.2 Å². The van der Waals surface area contributed by atoms with Gasteiger partial charge in [-0.25, -0.2) is 9.59 Å². The first-order valence-corrected chi connectivity index (χ1v) is 6.09. The molecule has 0 bridgehead atoms. The summed E-state index contributed by atoms with van der Waals surface area (Å²) in [4.78, 5) is 22.4. The second kappa shape index (κ2) is 6.81. The molecule has 2 atom stereocenters. The number of halogens is 3. The van der Waals surface area contributed by atoms with E-state index in [9.17, 15) is 22.8 Å². The first kappa shape index (κ1) is 18.5. The molecule has 0 spiro atoms. The van der Waals surface area contributed by atoms with Gasteiger partial charge < -0.3 is 15.2 Å². The van der Waals surface area contributed by atoms with Gasteiger partial charge in [0.2, 0.25) is 0 Å². The van der Waals surface area contributed by atoms with E-state index in [-0.39, 0.29) is 6.42 Å². The maximum absolute atomic E-state index is 12.2. The van der Waals surface area contributed by atoms with Crippen LogP contribution in [0.2, 0.25) is 0 Å². The molecule has 0 aliphatic heterocycles. The number of nitrogens with one attached hydrogen (secondary N) is 1. The summed E-state index contributed by atoms with van der Waals surface area (Å²) in [6.07, 6.45) is -6.76. The van der Waals surface area contributed by atoms with Crippen LogP contribution in [0, 0.1) is 5.92 Å². The van der Waals surface area contributed by atoms with E-state index in [1.807, 2.05) is 0 Å². The number of alkyl halides is 3. The Morgan fingerprint density at radius 2 is 1.75 bits per heavy atom. The molecule has 0 aliphatic carbocycles. The lowest BCUT2D eigenvalue weighted by molar-refractivity contribution is -0.148. The second-order valence-electron chi connectivity index (χ2n) is 5.70. The average Bonchev–Trinajstić information content (AvgIpc) is 2.09. The fourth-order valence-electron chi connectivity index (χ4n) is 1.55. The summed E-state index contributed by atoms with van der Waals surface area (Å²) < 4.78 is 41.4. The fourth-order valence-corrected chi connectivity index (χ4v) is 1.55. The van der Waals surface area contributed by atoms with Crippen molar-refractivity contribution in [2.24, 2.45) is 5.92 Å². The van der Waals surface area contributed by atoms with Gasteiger partial charge in [0.25, 0.3) is 0 Å². The van der Waals surface area contributed by atoms with Crippen LogP contribution < -0.4 is 5.32 Å². The van der Waals surface area contributed by atoms with Crippen molar-refractivity contribution < 1.29 is 32.6 Å². The number of rotatable bonds is 5. The van der Waals surface area contributed by atoms with Gasteiger partial charge in [-0.15, -0.1) is 0 Å². The molecule has 0 aromatic heterocycles. The molecule has 2 N–H and O–H groups in total. The quantitative estimate of drug-likeness (QED) is 0.818. The van der Waals surface area contributed by atoms with Crippen molar-refractivity contribution in [3.8, 4) is 0 Å². The van der Waals surface area contributed by atoms with Gasteiger partial charge in [0, 0.05) is 6.42 Å². The Balaban J connectivity index is 4.52. The van der Waals surface area contributed by atoms with E-state index >= 15 is 0 Å². The Labute approximate surface area is 115 Å². The number of carbonyl (C=O) groups is 2. The standard InChI is InChI=1S/C12H20F3NO4/c1-7(6-12(13,14)15)5-8(9(17)18)16-10(19)20-11(2,3)4/h7-8H,5-6H2,1-4H3,(H,16,19)(H,17,18). The molecule has 0 aromatic rings. The zero-order valence-electron chi connectivity index (χ0n) is 11.9. The Bertz CT molecular complexity index is 350. The Kier molecular flexibility index (Phi) is 6.31. The molecule has 0 saturated carbocycles. The first-order valence-electron chi connectivity index (χ1n) is 6.09. The fraction of sp³-hybridized carbons (Fsp3) is 0.833. The van der Waals surface area contributed by atoms with Crippen molar-refractivity contribution in [2.45, 2.75) is 58.4 Å². The molecule has 118 valence electrons. The number of ether oxygens (including phenoxy) is 1. The van der Waals surface area contributed by atoms with Crippen molar-refractivity contribution in [3.05, 3.63) is 0 Å². The number of carboxylic acid groups (broad SMARTS) is 1. The average molecular weight is 299 g/mol. The van der Waals surface area contributed by atoms with E-state index in [0.29, 0.717) is 0 Å². The summed E-state index contributed by atoms with van der Waals surface area (Å²) in [5.41, 5.74) is -0.815. The Hall–Kier alpha value is -1.47. The minimum Gasteiger partial charge on any atom is -0.480 e. The molecule has 20 heavy (non-hydrogen) atoms. The molecule has 1 amide bonds. The normalized spacial score (nSPS) is 15.3.